The van der Waals surface area contributed by atoms with E-state index in [4.69, 9.17) is 19.5 Å². The monoisotopic (exact) mass is 300 g/mol. The van der Waals surface area contributed by atoms with Crippen LogP contribution in [0.25, 0.3) is 0 Å². The lowest BCUT2D eigenvalue weighted by atomic mass is 10.2. The van der Waals surface area contributed by atoms with E-state index < -0.39 is 0 Å². The molecule has 7 nitrogen and oxygen atoms in total. The number of nitrogens with one attached hydrogen (secondary N) is 1. The number of ether oxygens (including phenoxy) is 3. The summed E-state index contributed by atoms with van der Waals surface area (Å²) in [5, 5.41) is 11.8. The van der Waals surface area contributed by atoms with Crippen LogP contribution >= 0.6 is 0 Å². The van der Waals surface area contributed by atoms with E-state index in [1.165, 1.54) is 12.4 Å². The fourth-order valence-electron chi connectivity index (χ4n) is 1.91. The summed E-state index contributed by atoms with van der Waals surface area (Å²) in [6.07, 6.45) is 2.92. The Labute approximate surface area is 128 Å². The molecule has 0 aliphatic heterocycles. The molecule has 1 aromatic carbocycles. The molecule has 1 heterocycles. The number of rotatable bonds is 6. The summed E-state index contributed by atoms with van der Waals surface area (Å²) in [5.41, 5.74) is 1.21. The molecule has 0 aliphatic carbocycles. The minimum Gasteiger partial charge on any atom is -0.493 e. The van der Waals surface area contributed by atoms with Gasteiger partial charge in [0.2, 0.25) is 5.75 Å². The molecule has 22 heavy (non-hydrogen) atoms. The fraction of sp³-hybridized carbons (Fsp3) is 0.267. The Morgan fingerprint density at radius 3 is 2.18 bits per heavy atom. The Morgan fingerprint density at radius 1 is 1.05 bits per heavy atom. The zero-order valence-electron chi connectivity index (χ0n) is 12.6. The lowest BCUT2D eigenvalue weighted by molar-refractivity contribution is 0.324. The molecule has 0 amide bonds. The first-order valence-electron chi connectivity index (χ1n) is 6.46. The Morgan fingerprint density at radius 2 is 1.73 bits per heavy atom. The van der Waals surface area contributed by atoms with Gasteiger partial charge in [-0.3, -0.25) is 0 Å². The zero-order chi connectivity index (χ0) is 15.9. The van der Waals surface area contributed by atoms with Gasteiger partial charge in [-0.25, -0.2) is 9.97 Å². The maximum Gasteiger partial charge on any atom is 0.203 e. The standard InChI is InChI=1S/C15H16N4O3/c1-20-12-4-10(5-13(21-2)15(12)22-3)7-18-14-9-17-11(6-16)8-19-14/h4-5,8-9H,7H2,1-3H3,(H,18,19). The van der Waals surface area contributed by atoms with Crippen LogP contribution in [-0.2, 0) is 6.54 Å². The topological polar surface area (TPSA) is 89.3 Å². The third kappa shape index (κ3) is 3.35. The van der Waals surface area contributed by atoms with E-state index in [-0.39, 0.29) is 5.69 Å². The Bertz CT molecular complexity index is 655. The minimum atomic E-state index is 0.276. The number of hydrogen-bond donors (Lipinski definition) is 1. The van der Waals surface area contributed by atoms with Crippen LogP contribution in [0.1, 0.15) is 11.3 Å². The van der Waals surface area contributed by atoms with Crippen molar-refractivity contribution in [3.63, 3.8) is 0 Å². The molecular formula is C15H16N4O3. The summed E-state index contributed by atoms with van der Waals surface area (Å²) in [5.74, 6) is 2.30. The zero-order valence-corrected chi connectivity index (χ0v) is 12.6. The van der Waals surface area contributed by atoms with Crippen LogP contribution in [-0.4, -0.2) is 31.3 Å². The van der Waals surface area contributed by atoms with Gasteiger partial charge in [0.15, 0.2) is 17.2 Å². The van der Waals surface area contributed by atoms with Gasteiger partial charge in [-0.05, 0) is 17.7 Å². The first kappa shape index (κ1) is 15.4. The Hall–Kier alpha value is -3.01. The second-order valence-electron chi connectivity index (χ2n) is 4.29. The molecule has 0 bridgehead atoms. The molecule has 1 N–H and O–H groups in total. The molecular weight excluding hydrogens is 284 g/mol. The van der Waals surface area contributed by atoms with E-state index in [0.29, 0.717) is 29.6 Å². The third-order valence-electron chi connectivity index (χ3n) is 2.96. The molecule has 2 rings (SSSR count). The SMILES string of the molecule is COc1cc(CNc2cnc(C#N)cn2)cc(OC)c1OC. The second-order valence-corrected chi connectivity index (χ2v) is 4.29. The summed E-state index contributed by atoms with van der Waals surface area (Å²) in [6.45, 7) is 0.497. The van der Waals surface area contributed by atoms with Crippen molar-refractivity contribution in [2.24, 2.45) is 0 Å². The second kappa shape index (κ2) is 7.13. The van der Waals surface area contributed by atoms with E-state index >= 15 is 0 Å². The van der Waals surface area contributed by atoms with Crippen LogP contribution in [0.5, 0.6) is 17.2 Å². The highest BCUT2D eigenvalue weighted by Crippen LogP contribution is 2.38. The number of nitrogens with zero attached hydrogens (tertiary/aromatic N) is 3. The summed E-state index contributed by atoms with van der Waals surface area (Å²) >= 11 is 0. The van der Waals surface area contributed by atoms with Crippen molar-refractivity contribution < 1.29 is 14.2 Å². The predicted octanol–water partition coefficient (Wildman–Crippen LogP) is 1.99. The summed E-state index contributed by atoms with van der Waals surface area (Å²) in [4.78, 5) is 8.05. The van der Waals surface area contributed by atoms with Gasteiger partial charge in [-0.15, -0.1) is 0 Å². The maximum absolute atomic E-state index is 8.69. The first-order valence-corrected chi connectivity index (χ1v) is 6.46. The number of nitriles is 1. The van der Waals surface area contributed by atoms with Gasteiger partial charge in [-0.1, -0.05) is 0 Å². The highest BCUT2D eigenvalue weighted by molar-refractivity contribution is 5.54. The quantitative estimate of drug-likeness (QED) is 0.872. The van der Waals surface area contributed by atoms with Crippen LogP contribution in [0, 0.1) is 11.3 Å². The molecule has 2 aromatic rings. The van der Waals surface area contributed by atoms with Gasteiger partial charge < -0.3 is 19.5 Å². The van der Waals surface area contributed by atoms with Crippen LogP contribution in [0.2, 0.25) is 0 Å². The molecule has 0 unspecified atom stereocenters. The molecule has 0 aliphatic rings. The van der Waals surface area contributed by atoms with Crippen molar-refractivity contribution in [1.82, 2.24) is 9.97 Å². The van der Waals surface area contributed by atoms with Crippen LogP contribution in [0.3, 0.4) is 0 Å². The lowest BCUT2D eigenvalue weighted by Crippen LogP contribution is -2.04. The third-order valence-corrected chi connectivity index (χ3v) is 2.96. The van der Waals surface area contributed by atoms with Gasteiger partial charge in [0.25, 0.3) is 0 Å². The maximum atomic E-state index is 8.69. The average Bonchev–Trinajstić information content (AvgIpc) is 2.59. The molecule has 0 atom stereocenters. The normalized spacial score (nSPS) is 9.73. The van der Waals surface area contributed by atoms with Crippen molar-refractivity contribution in [2.45, 2.75) is 6.54 Å². The Balaban J connectivity index is 2.16. The molecule has 0 spiro atoms. The van der Waals surface area contributed by atoms with Gasteiger partial charge in [0, 0.05) is 6.54 Å². The first-order chi connectivity index (χ1) is 10.7. The predicted molar refractivity (Wildman–Crippen MR) is 80.2 cm³/mol. The smallest absolute Gasteiger partial charge is 0.203 e. The van der Waals surface area contributed by atoms with E-state index in [2.05, 4.69) is 15.3 Å². The van der Waals surface area contributed by atoms with Crippen LogP contribution in [0.4, 0.5) is 5.82 Å². The van der Waals surface area contributed by atoms with E-state index in [1.54, 1.807) is 21.3 Å². The summed E-state index contributed by atoms with van der Waals surface area (Å²) in [6, 6.07) is 5.63. The van der Waals surface area contributed by atoms with E-state index in [1.807, 2.05) is 18.2 Å². The van der Waals surface area contributed by atoms with Gasteiger partial charge >= 0.3 is 0 Å². The summed E-state index contributed by atoms with van der Waals surface area (Å²) in [7, 11) is 4.70. The summed E-state index contributed by atoms with van der Waals surface area (Å²) < 4.78 is 15.9. The molecule has 1 aromatic heterocycles. The van der Waals surface area contributed by atoms with E-state index in [0.717, 1.165) is 5.56 Å². The lowest BCUT2D eigenvalue weighted by Gasteiger charge is -2.14. The van der Waals surface area contributed by atoms with Gasteiger partial charge in [0.1, 0.15) is 11.9 Å². The number of methoxy groups -OCH3 is 3. The van der Waals surface area contributed by atoms with Gasteiger partial charge in [0.05, 0.1) is 33.7 Å². The fourth-order valence-corrected chi connectivity index (χ4v) is 1.91. The highest BCUT2D eigenvalue weighted by atomic mass is 16.5. The van der Waals surface area contributed by atoms with Crippen molar-refractivity contribution in [3.05, 3.63) is 35.8 Å². The molecule has 0 saturated heterocycles. The molecule has 0 fully saturated rings. The van der Waals surface area contributed by atoms with Crippen molar-refractivity contribution in [3.8, 4) is 23.3 Å². The molecule has 0 saturated carbocycles. The molecule has 0 radical (unpaired) electrons. The number of aromatic nitrogens is 2. The van der Waals surface area contributed by atoms with E-state index in [9.17, 15) is 0 Å². The van der Waals surface area contributed by atoms with Gasteiger partial charge in [-0.2, -0.15) is 5.26 Å². The molecule has 7 heteroatoms. The van der Waals surface area contributed by atoms with Crippen molar-refractivity contribution in [1.29, 1.82) is 5.26 Å². The number of hydrogen-bond acceptors (Lipinski definition) is 7. The van der Waals surface area contributed by atoms with Crippen LogP contribution in [0.15, 0.2) is 24.5 Å². The van der Waals surface area contributed by atoms with Crippen LogP contribution < -0.4 is 19.5 Å². The number of anilines is 1. The number of benzene rings is 1. The average molecular weight is 300 g/mol. The highest BCUT2D eigenvalue weighted by Gasteiger charge is 2.13. The van der Waals surface area contributed by atoms with Crippen molar-refractivity contribution >= 4 is 5.82 Å². The minimum absolute atomic E-state index is 0.276. The molecule has 114 valence electrons. The van der Waals surface area contributed by atoms with Crippen molar-refractivity contribution in [2.75, 3.05) is 26.6 Å². The Kier molecular flexibility index (Phi) is 4.98. The largest absolute Gasteiger partial charge is 0.493 e.